The summed E-state index contributed by atoms with van der Waals surface area (Å²) in [5.41, 5.74) is 11.2. The monoisotopic (exact) mass is 155 g/mol. The van der Waals surface area contributed by atoms with E-state index in [1.54, 1.807) is 11.8 Å². The topological polar surface area (TPSA) is 80.0 Å². The number of aliphatic imine (C=N–C) groups is 2. The number of nitrogens with two attached hydrogens (primary N) is 2. The van der Waals surface area contributed by atoms with Crippen molar-refractivity contribution in [2.45, 2.75) is 19.6 Å². The average molecular weight is 155 g/mol. The average Bonchev–Trinajstić information content (AvgIpc) is 1.81. The van der Waals surface area contributed by atoms with Crippen molar-refractivity contribution in [1.29, 1.82) is 0 Å². The number of amidine groups is 1. The van der Waals surface area contributed by atoms with Crippen LogP contribution in [0.3, 0.4) is 0 Å². The highest BCUT2D eigenvalue weighted by Crippen LogP contribution is 2.12. The van der Waals surface area contributed by atoms with Crippen LogP contribution in [0.4, 0.5) is 0 Å². The first-order chi connectivity index (χ1) is 4.93. The lowest BCUT2D eigenvalue weighted by atomic mass is 10.3. The van der Waals surface area contributed by atoms with Gasteiger partial charge in [0.15, 0.2) is 5.79 Å². The molecular weight excluding hydrogens is 142 g/mol. The second kappa shape index (κ2) is 2.20. The van der Waals surface area contributed by atoms with Crippen molar-refractivity contribution in [3.05, 3.63) is 0 Å². The molecule has 4 N–H and O–H groups in total. The molecule has 0 saturated heterocycles. The molecule has 0 bridgehead atoms. The lowest BCUT2D eigenvalue weighted by molar-refractivity contribution is 0.244. The number of guanidine groups is 1. The molecule has 0 aliphatic carbocycles. The van der Waals surface area contributed by atoms with Crippen LogP contribution < -0.4 is 11.5 Å². The first-order valence-corrected chi connectivity index (χ1v) is 3.37. The Labute approximate surface area is 65.8 Å². The quantitative estimate of drug-likeness (QED) is 0.485. The van der Waals surface area contributed by atoms with Crippen LogP contribution in [0.1, 0.15) is 13.8 Å². The summed E-state index contributed by atoms with van der Waals surface area (Å²) >= 11 is 0. The van der Waals surface area contributed by atoms with Crippen LogP contribution in [0, 0.1) is 0 Å². The molecule has 1 heterocycles. The number of hydrogen-bond donors (Lipinski definition) is 2. The Morgan fingerprint density at radius 1 is 1.55 bits per heavy atom. The van der Waals surface area contributed by atoms with Gasteiger partial charge in [0.2, 0.25) is 5.96 Å². The van der Waals surface area contributed by atoms with E-state index in [-0.39, 0.29) is 5.96 Å². The van der Waals surface area contributed by atoms with Crippen LogP contribution in [0.15, 0.2) is 9.98 Å². The van der Waals surface area contributed by atoms with Crippen LogP contribution >= 0.6 is 0 Å². The summed E-state index contributed by atoms with van der Waals surface area (Å²) in [5.74, 6) is 0.267. The minimum Gasteiger partial charge on any atom is -0.368 e. The Hall–Kier alpha value is -1.10. The van der Waals surface area contributed by atoms with Gasteiger partial charge in [-0.2, -0.15) is 0 Å². The van der Waals surface area contributed by atoms with Gasteiger partial charge in [0.25, 0.3) is 0 Å². The SMILES string of the molecule is CC1=NC(N)=NC(C)(N)N1C. The third kappa shape index (κ3) is 1.32. The van der Waals surface area contributed by atoms with E-state index in [2.05, 4.69) is 9.98 Å². The maximum atomic E-state index is 5.78. The summed E-state index contributed by atoms with van der Waals surface area (Å²) < 4.78 is 0. The molecule has 0 aromatic rings. The van der Waals surface area contributed by atoms with Crippen molar-refractivity contribution < 1.29 is 0 Å². The van der Waals surface area contributed by atoms with E-state index in [4.69, 9.17) is 11.5 Å². The molecule has 5 heteroatoms. The van der Waals surface area contributed by atoms with E-state index in [9.17, 15) is 0 Å². The summed E-state index contributed by atoms with van der Waals surface area (Å²) in [4.78, 5) is 9.67. The van der Waals surface area contributed by atoms with Gasteiger partial charge in [-0.1, -0.05) is 0 Å². The number of rotatable bonds is 0. The third-order valence-corrected chi connectivity index (χ3v) is 1.78. The Bertz CT molecular complexity index is 227. The molecule has 0 aromatic carbocycles. The fourth-order valence-electron chi connectivity index (χ4n) is 0.900. The third-order valence-electron chi connectivity index (χ3n) is 1.78. The number of nitrogens with zero attached hydrogens (tertiary/aromatic N) is 3. The van der Waals surface area contributed by atoms with Gasteiger partial charge in [0.1, 0.15) is 5.84 Å². The molecule has 0 aromatic heterocycles. The highest BCUT2D eigenvalue weighted by Gasteiger charge is 2.27. The van der Waals surface area contributed by atoms with Crippen LogP contribution in [0.2, 0.25) is 0 Å². The van der Waals surface area contributed by atoms with Gasteiger partial charge < -0.3 is 10.6 Å². The van der Waals surface area contributed by atoms with Crippen molar-refractivity contribution >= 4 is 11.8 Å². The standard InChI is InChI=1S/C6H13N5/c1-4-9-5(7)10-6(2,8)11(4)3/h8H2,1-3H3,(H2,7,10). The molecule has 1 rings (SSSR count). The maximum absolute atomic E-state index is 5.78. The molecule has 1 aliphatic rings. The van der Waals surface area contributed by atoms with Crippen molar-refractivity contribution in [2.24, 2.45) is 21.5 Å². The zero-order valence-electron chi connectivity index (χ0n) is 7.00. The van der Waals surface area contributed by atoms with Crippen LogP contribution in [-0.4, -0.2) is 29.5 Å². The first kappa shape index (κ1) is 8.00. The zero-order chi connectivity index (χ0) is 8.65. The van der Waals surface area contributed by atoms with E-state index in [0.29, 0.717) is 0 Å². The molecule has 0 saturated carbocycles. The van der Waals surface area contributed by atoms with E-state index in [1.807, 2.05) is 14.0 Å². The molecule has 0 spiro atoms. The van der Waals surface area contributed by atoms with Crippen LogP contribution in [0.25, 0.3) is 0 Å². The van der Waals surface area contributed by atoms with E-state index in [1.165, 1.54) is 0 Å². The van der Waals surface area contributed by atoms with Gasteiger partial charge in [0, 0.05) is 7.05 Å². The second-order valence-electron chi connectivity index (χ2n) is 2.78. The summed E-state index contributed by atoms with van der Waals surface area (Å²) in [5, 5.41) is 0. The molecule has 11 heavy (non-hydrogen) atoms. The fraction of sp³-hybridized carbons (Fsp3) is 0.667. The highest BCUT2D eigenvalue weighted by atomic mass is 15.4. The van der Waals surface area contributed by atoms with Gasteiger partial charge >= 0.3 is 0 Å². The first-order valence-electron chi connectivity index (χ1n) is 3.37. The van der Waals surface area contributed by atoms with Gasteiger partial charge in [0.05, 0.1) is 0 Å². The Kier molecular flexibility index (Phi) is 1.60. The molecule has 5 nitrogen and oxygen atoms in total. The van der Waals surface area contributed by atoms with Crippen molar-refractivity contribution in [1.82, 2.24) is 4.90 Å². The summed E-state index contributed by atoms with van der Waals surface area (Å²) in [6.45, 7) is 3.62. The summed E-state index contributed by atoms with van der Waals surface area (Å²) in [6.07, 6.45) is 0. The van der Waals surface area contributed by atoms with E-state index in [0.717, 1.165) is 5.84 Å². The molecule has 62 valence electrons. The number of hydrogen-bond acceptors (Lipinski definition) is 5. The largest absolute Gasteiger partial charge is 0.368 e. The lowest BCUT2D eigenvalue weighted by Gasteiger charge is -2.35. The molecule has 1 atom stereocenters. The minimum absolute atomic E-state index is 0.241. The van der Waals surface area contributed by atoms with Gasteiger partial charge in [-0.3, -0.25) is 5.73 Å². The molecule has 0 amide bonds. The van der Waals surface area contributed by atoms with Crippen molar-refractivity contribution in [2.75, 3.05) is 7.05 Å². The molecule has 0 fully saturated rings. The van der Waals surface area contributed by atoms with Crippen molar-refractivity contribution in [3.8, 4) is 0 Å². The summed E-state index contributed by atoms with van der Waals surface area (Å²) in [6, 6.07) is 0. The van der Waals surface area contributed by atoms with E-state index < -0.39 is 5.79 Å². The second-order valence-corrected chi connectivity index (χ2v) is 2.78. The van der Waals surface area contributed by atoms with E-state index >= 15 is 0 Å². The predicted octanol–water partition coefficient (Wildman–Crippen LogP) is -0.703. The minimum atomic E-state index is -0.754. The predicted molar refractivity (Wildman–Crippen MR) is 45.1 cm³/mol. The van der Waals surface area contributed by atoms with Crippen LogP contribution in [-0.2, 0) is 0 Å². The smallest absolute Gasteiger partial charge is 0.220 e. The Balaban J connectivity index is 3.01. The Morgan fingerprint density at radius 2 is 2.09 bits per heavy atom. The van der Waals surface area contributed by atoms with Gasteiger partial charge in [-0.05, 0) is 13.8 Å². The maximum Gasteiger partial charge on any atom is 0.220 e. The lowest BCUT2D eigenvalue weighted by Crippen LogP contribution is -2.55. The zero-order valence-corrected chi connectivity index (χ0v) is 7.00. The summed E-state index contributed by atoms with van der Waals surface area (Å²) in [7, 11) is 1.83. The van der Waals surface area contributed by atoms with Gasteiger partial charge in [-0.15, -0.1) is 0 Å². The molecule has 0 radical (unpaired) electrons. The normalized spacial score (nSPS) is 31.5. The Morgan fingerprint density at radius 3 is 2.55 bits per heavy atom. The molecule has 1 unspecified atom stereocenters. The molecule has 1 aliphatic heterocycles. The molecular formula is C6H13N5. The highest BCUT2D eigenvalue weighted by molar-refractivity contribution is 5.96. The van der Waals surface area contributed by atoms with Crippen molar-refractivity contribution in [3.63, 3.8) is 0 Å². The van der Waals surface area contributed by atoms with Gasteiger partial charge in [-0.25, -0.2) is 9.98 Å². The fourth-order valence-corrected chi connectivity index (χ4v) is 0.900. The van der Waals surface area contributed by atoms with Crippen LogP contribution in [0.5, 0.6) is 0 Å².